The van der Waals surface area contributed by atoms with Gasteiger partial charge < -0.3 is 14.8 Å². The number of ether oxygens (including phenoxy) is 2. The van der Waals surface area contributed by atoms with Crippen LogP contribution in [0.3, 0.4) is 0 Å². The van der Waals surface area contributed by atoms with Crippen molar-refractivity contribution in [1.29, 1.82) is 0 Å². The minimum atomic E-state index is -0.704. The van der Waals surface area contributed by atoms with Crippen LogP contribution < -0.4 is 10.1 Å². The lowest BCUT2D eigenvalue weighted by molar-refractivity contribution is -0.150. The summed E-state index contributed by atoms with van der Waals surface area (Å²) in [5.41, 5.74) is 2.15. The van der Waals surface area contributed by atoms with Crippen molar-refractivity contribution in [2.24, 2.45) is 0 Å². The molecule has 3 aromatic rings. The average molecular weight is 447 g/mol. The molecule has 0 saturated carbocycles. The van der Waals surface area contributed by atoms with E-state index in [1.165, 1.54) is 6.07 Å². The zero-order chi connectivity index (χ0) is 21.7. The maximum atomic E-state index is 12.0. The van der Waals surface area contributed by atoms with Crippen molar-refractivity contribution in [3.63, 3.8) is 0 Å². The highest BCUT2D eigenvalue weighted by Gasteiger charge is 2.16. The van der Waals surface area contributed by atoms with Gasteiger partial charge in [-0.2, -0.15) is 0 Å². The summed E-state index contributed by atoms with van der Waals surface area (Å²) in [6.45, 7) is 2.83. The number of benzene rings is 2. The average Bonchev–Trinajstić information content (AvgIpc) is 2.72. The zero-order valence-corrected chi connectivity index (χ0v) is 18.0. The maximum absolute atomic E-state index is 12.0. The molecule has 30 heavy (non-hydrogen) atoms. The molecule has 0 aliphatic rings. The second-order valence-electron chi connectivity index (χ2n) is 6.67. The van der Waals surface area contributed by atoms with Crippen LogP contribution in [0.4, 0.5) is 0 Å². The van der Waals surface area contributed by atoms with Crippen molar-refractivity contribution in [3.8, 4) is 5.75 Å². The van der Waals surface area contributed by atoms with Crippen LogP contribution in [0.25, 0.3) is 10.9 Å². The highest BCUT2D eigenvalue weighted by molar-refractivity contribution is 6.39. The number of rotatable bonds is 7. The first kappa shape index (κ1) is 21.9. The molecule has 8 heteroatoms. The monoisotopic (exact) mass is 446 g/mol. The van der Waals surface area contributed by atoms with Gasteiger partial charge in [0.05, 0.1) is 16.1 Å². The number of halogens is 2. The number of esters is 1. The summed E-state index contributed by atoms with van der Waals surface area (Å²) in [6.07, 6.45) is 0. The Morgan fingerprint density at radius 2 is 1.80 bits per heavy atom. The number of aryl methyl sites for hydroxylation is 1. The summed E-state index contributed by atoms with van der Waals surface area (Å²) < 4.78 is 10.5. The fourth-order valence-electron chi connectivity index (χ4n) is 2.85. The van der Waals surface area contributed by atoms with Gasteiger partial charge in [0.2, 0.25) is 0 Å². The van der Waals surface area contributed by atoms with E-state index in [1.54, 1.807) is 6.07 Å². The van der Waals surface area contributed by atoms with E-state index in [2.05, 4.69) is 10.3 Å². The van der Waals surface area contributed by atoms with Crippen molar-refractivity contribution in [2.45, 2.75) is 19.9 Å². The third-order valence-corrected chi connectivity index (χ3v) is 4.95. The number of amides is 1. The van der Waals surface area contributed by atoms with E-state index in [1.807, 2.05) is 50.2 Å². The van der Waals surface area contributed by atoms with E-state index in [4.69, 9.17) is 32.7 Å². The Labute approximate surface area is 184 Å². The van der Waals surface area contributed by atoms with Crippen LogP contribution in [0.1, 0.15) is 24.2 Å². The number of hydrogen-bond donors (Lipinski definition) is 1. The molecular weight excluding hydrogens is 427 g/mol. The molecule has 1 unspecified atom stereocenters. The number of carbonyl (C=O) groups excluding carboxylic acids is 2. The van der Waals surface area contributed by atoms with Crippen molar-refractivity contribution >= 4 is 46.0 Å². The van der Waals surface area contributed by atoms with Crippen LogP contribution in [0.5, 0.6) is 5.75 Å². The SMILES string of the molecule is Cc1ccc2c(Cl)cc(Cl)c(OCC(=O)OCC(=O)NC(C)c3ccccc3)c2n1. The minimum absolute atomic E-state index is 0.206. The highest BCUT2D eigenvalue weighted by atomic mass is 35.5. The maximum Gasteiger partial charge on any atom is 0.344 e. The number of hydrogen-bond acceptors (Lipinski definition) is 5. The molecule has 0 spiro atoms. The van der Waals surface area contributed by atoms with Gasteiger partial charge in [-0.15, -0.1) is 0 Å². The van der Waals surface area contributed by atoms with E-state index in [-0.39, 0.29) is 16.8 Å². The van der Waals surface area contributed by atoms with Crippen molar-refractivity contribution in [1.82, 2.24) is 10.3 Å². The van der Waals surface area contributed by atoms with E-state index >= 15 is 0 Å². The smallest absolute Gasteiger partial charge is 0.344 e. The Hall–Kier alpha value is -2.83. The summed E-state index contributed by atoms with van der Waals surface area (Å²) in [5.74, 6) is -0.879. The van der Waals surface area contributed by atoms with E-state index in [9.17, 15) is 9.59 Å². The molecule has 0 aliphatic carbocycles. The van der Waals surface area contributed by atoms with Gasteiger partial charge >= 0.3 is 5.97 Å². The summed E-state index contributed by atoms with van der Waals surface area (Å²) in [5, 5.41) is 4.09. The molecule has 2 aromatic carbocycles. The fraction of sp³-hybridized carbons (Fsp3) is 0.227. The molecule has 1 heterocycles. The van der Waals surface area contributed by atoms with Crippen molar-refractivity contribution in [3.05, 3.63) is 69.8 Å². The minimum Gasteiger partial charge on any atom is -0.478 e. The van der Waals surface area contributed by atoms with Gasteiger partial charge in [-0.3, -0.25) is 4.79 Å². The molecule has 0 fully saturated rings. The lowest BCUT2D eigenvalue weighted by atomic mass is 10.1. The van der Waals surface area contributed by atoms with Gasteiger partial charge in [0.25, 0.3) is 5.91 Å². The summed E-state index contributed by atoms with van der Waals surface area (Å²) in [6, 6.07) is 14.4. The zero-order valence-electron chi connectivity index (χ0n) is 16.4. The quantitative estimate of drug-likeness (QED) is 0.534. The first-order valence-electron chi connectivity index (χ1n) is 9.23. The molecule has 1 N–H and O–H groups in total. The van der Waals surface area contributed by atoms with Gasteiger partial charge in [-0.1, -0.05) is 53.5 Å². The molecular formula is C22H20Cl2N2O4. The first-order chi connectivity index (χ1) is 14.3. The molecule has 0 saturated heterocycles. The van der Waals surface area contributed by atoms with Crippen LogP contribution in [-0.2, 0) is 14.3 Å². The van der Waals surface area contributed by atoms with Crippen molar-refractivity contribution < 1.29 is 19.1 Å². The summed E-state index contributed by atoms with van der Waals surface area (Å²) in [7, 11) is 0. The standard InChI is InChI=1S/C22H20Cl2N2O4/c1-13-8-9-16-17(23)10-18(24)22(21(16)25-13)30-12-20(28)29-11-19(27)26-14(2)15-6-4-3-5-7-15/h3-10,14H,11-12H2,1-2H3,(H,26,27). The number of nitrogens with zero attached hydrogens (tertiary/aromatic N) is 1. The lowest BCUT2D eigenvalue weighted by Crippen LogP contribution is -2.31. The van der Waals surface area contributed by atoms with Crippen LogP contribution in [-0.4, -0.2) is 30.1 Å². The normalized spacial score (nSPS) is 11.7. The predicted molar refractivity (Wildman–Crippen MR) is 116 cm³/mol. The second kappa shape index (κ2) is 9.78. The fourth-order valence-corrected chi connectivity index (χ4v) is 3.43. The van der Waals surface area contributed by atoms with E-state index in [0.29, 0.717) is 15.9 Å². The summed E-state index contributed by atoms with van der Waals surface area (Å²) >= 11 is 12.4. The third kappa shape index (κ3) is 5.40. The Morgan fingerprint density at radius 3 is 2.53 bits per heavy atom. The van der Waals surface area contributed by atoms with Gasteiger partial charge in [0.1, 0.15) is 5.52 Å². The topological polar surface area (TPSA) is 77.5 Å². The summed E-state index contributed by atoms with van der Waals surface area (Å²) in [4.78, 5) is 28.5. The number of carbonyl (C=O) groups is 2. The number of pyridine rings is 1. The molecule has 3 rings (SSSR count). The van der Waals surface area contributed by atoms with Crippen LogP contribution in [0.2, 0.25) is 10.0 Å². The first-order valence-corrected chi connectivity index (χ1v) is 9.99. The Morgan fingerprint density at radius 1 is 1.07 bits per heavy atom. The largest absolute Gasteiger partial charge is 0.478 e. The molecule has 1 atom stereocenters. The van der Waals surface area contributed by atoms with Crippen LogP contribution >= 0.6 is 23.2 Å². The predicted octanol–water partition coefficient (Wildman–Crippen LogP) is 4.65. The van der Waals surface area contributed by atoms with Crippen LogP contribution in [0.15, 0.2) is 48.5 Å². The number of aromatic nitrogens is 1. The Bertz CT molecular complexity index is 1070. The highest BCUT2D eigenvalue weighted by Crippen LogP contribution is 2.37. The third-order valence-electron chi connectivity index (χ3n) is 4.35. The molecule has 0 bridgehead atoms. The van der Waals surface area contributed by atoms with Crippen LogP contribution in [0, 0.1) is 6.92 Å². The van der Waals surface area contributed by atoms with Crippen molar-refractivity contribution in [2.75, 3.05) is 13.2 Å². The molecule has 0 radical (unpaired) electrons. The lowest BCUT2D eigenvalue weighted by Gasteiger charge is -2.15. The number of nitrogens with one attached hydrogen (secondary N) is 1. The van der Waals surface area contributed by atoms with Gasteiger partial charge in [-0.05, 0) is 37.6 Å². The second-order valence-corrected chi connectivity index (χ2v) is 7.48. The Kier molecular flexibility index (Phi) is 7.13. The molecule has 1 amide bonds. The van der Waals surface area contributed by atoms with Gasteiger partial charge in [0, 0.05) is 11.1 Å². The molecule has 0 aliphatic heterocycles. The number of fused-ring (bicyclic) bond motifs is 1. The van der Waals surface area contributed by atoms with E-state index in [0.717, 1.165) is 11.3 Å². The van der Waals surface area contributed by atoms with Gasteiger partial charge in [0.15, 0.2) is 19.0 Å². The molecule has 156 valence electrons. The van der Waals surface area contributed by atoms with E-state index < -0.39 is 25.1 Å². The molecule has 6 nitrogen and oxygen atoms in total. The Balaban J connectivity index is 1.56. The molecule has 1 aromatic heterocycles. The van der Waals surface area contributed by atoms with Gasteiger partial charge in [-0.25, -0.2) is 9.78 Å².